The summed E-state index contributed by atoms with van der Waals surface area (Å²) < 4.78 is 149. The number of rotatable bonds is 22. The van der Waals surface area contributed by atoms with Gasteiger partial charge in [-0.3, -0.25) is 18.4 Å². The summed E-state index contributed by atoms with van der Waals surface area (Å²) in [4.78, 5) is -2.11. The number of nitrogens with zero attached hydrogens (tertiary/aromatic N) is 4. The van der Waals surface area contributed by atoms with Crippen LogP contribution in [-0.2, 0) is 67.3 Å². The van der Waals surface area contributed by atoms with Gasteiger partial charge in [0, 0.05) is 6.07 Å². The Bertz CT molecular complexity index is 2810. The third-order valence-electron chi connectivity index (χ3n) is 7.69. The van der Waals surface area contributed by atoms with Crippen molar-refractivity contribution in [3.63, 3.8) is 0 Å². The smallest absolute Gasteiger partial charge is 0.744 e. The number of benzene rings is 4. The number of aromatic hydroxyl groups is 1. The Morgan fingerprint density at radius 3 is 1.86 bits per heavy atom. The van der Waals surface area contributed by atoms with Crippen LogP contribution in [0.4, 0.5) is 28.4 Å². The molecule has 26 nitrogen and oxygen atoms in total. The van der Waals surface area contributed by atoms with Crippen molar-refractivity contribution < 1.29 is 213 Å². The molecule has 0 aliphatic carbocycles. The van der Waals surface area contributed by atoms with E-state index >= 15 is 0 Å². The minimum Gasteiger partial charge on any atom is -0.744 e. The zero-order valence-corrected chi connectivity index (χ0v) is 47.7. The molecule has 3 N–H and O–H groups in total. The molecular formula is C29H27N5Na4O21S6. The van der Waals surface area contributed by atoms with Crippen LogP contribution >= 0.6 is 24.4 Å². The molecule has 65 heavy (non-hydrogen) atoms. The Labute approximate surface area is 467 Å². The minimum absolute atomic E-state index is 0. The van der Waals surface area contributed by atoms with Crippen molar-refractivity contribution in [1.29, 1.82) is 0 Å². The molecular weight excluding hydrogens is 1040 g/mol. The number of hydrogen-bond acceptors (Lipinski definition) is 28. The van der Waals surface area contributed by atoms with Gasteiger partial charge in [0.2, 0.25) is 10.4 Å². The third-order valence-corrected chi connectivity index (χ3v) is 13.5. The van der Waals surface area contributed by atoms with Gasteiger partial charge < -0.3 is 39.9 Å². The second-order valence-electron chi connectivity index (χ2n) is 11.4. The van der Waals surface area contributed by atoms with E-state index in [0.29, 0.717) is 0 Å². The normalized spacial score (nSPS) is 12.0. The number of aryl methyl sites for hydroxylation is 1. The van der Waals surface area contributed by atoms with Crippen molar-refractivity contribution in [1.82, 2.24) is 0 Å². The van der Waals surface area contributed by atoms with E-state index in [4.69, 9.17) is 19.4 Å². The minimum atomic E-state index is -5.48. The predicted octanol–water partition coefficient (Wildman–Crippen LogP) is -9.74. The number of nitrogen functional groups attached to an aromatic ring is 1. The molecule has 0 unspecified atom stereocenters. The molecule has 0 amide bonds. The van der Waals surface area contributed by atoms with Crippen LogP contribution in [0.2, 0.25) is 0 Å². The van der Waals surface area contributed by atoms with Crippen molar-refractivity contribution in [2.45, 2.75) is 26.5 Å². The summed E-state index contributed by atoms with van der Waals surface area (Å²) in [6, 6.07) is 7.15. The summed E-state index contributed by atoms with van der Waals surface area (Å²) in [5.41, 5.74) is 3.84. The van der Waals surface area contributed by atoms with Gasteiger partial charge >= 0.3 is 118 Å². The van der Waals surface area contributed by atoms with Crippen LogP contribution in [0.1, 0.15) is 5.56 Å². The van der Waals surface area contributed by atoms with Gasteiger partial charge in [-0.05, 0) is 54.3 Å². The van der Waals surface area contributed by atoms with Gasteiger partial charge in [-0.25, -0.2) is 33.7 Å². The summed E-state index contributed by atoms with van der Waals surface area (Å²) in [5.74, 6) is -2.73. The molecule has 0 heterocycles. The van der Waals surface area contributed by atoms with E-state index in [1.165, 1.54) is 20.1 Å². The van der Waals surface area contributed by atoms with Crippen LogP contribution in [0, 0.1) is 6.92 Å². The molecule has 0 saturated carbocycles. The van der Waals surface area contributed by atoms with E-state index in [2.05, 4.69) is 43.4 Å². The number of ether oxygens (including phenoxy) is 2. The first kappa shape index (κ1) is 64.6. The zero-order chi connectivity index (χ0) is 45.3. The number of azo groups is 2. The Kier molecular flexibility index (Phi) is 28.3. The van der Waals surface area contributed by atoms with Crippen LogP contribution in [-0.4, -0.2) is 86.8 Å². The van der Waals surface area contributed by atoms with Gasteiger partial charge in [0.1, 0.15) is 44.4 Å². The second kappa shape index (κ2) is 28.5. The Morgan fingerprint density at radius 1 is 0.708 bits per heavy atom. The molecule has 36 heteroatoms. The topological polar surface area (TPSA) is 398 Å². The van der Waals surface area contributed by atoms with Crippen LogP contribution in [0.3, 0.4) is 0 Å². The van der Waals surface area contributed by atoms with Gasteiger partial charge in [0.25, 0.3) is 0 Å². The van der Waals surface area contributed by atoms with Gasteiger partial charge in [0.15, 0.2) is 37.7 Å². The van der Waals surface area contributed by atoms with Gasteiger partial charge in [0.05, 0.1) is 81.6 Å². The largest absolute Gasteiger partial charge is 1.00 e. The van der Waals surface area contributed by atoms with E-state index < -0.39 is 109 Å². The average Bonchev–Trinajstić information content (AvgIpc) is 3.17. The number of hydrogen-bond donors (Lipinski definition) is 2. The number of anilines is 1. The summed E-state index contributed by atoms with van der Waals surface area (Å²) in [7, 11) is -16.8. The molecule has 334 valence electrons. The summed E-state index contributed by atoms with van der Waals surface area (Å²) >= 11 is 0.267. The predicted molar refractivity (Wildman–Crippen MR) is 201 cm³/mol. The molecule has 4 aromatic carbocycles. The number of nitrogens with two attached hydrogens (primary N) is 1. The average molecular weight is 1070 g/mol. The van der Waals surface area contributed by atoms with Crippen molar-refractivity contribution in [2.75, 3.05) is 44.7 Å². The first-order valence-corrected chi connectivity index (χ1v) is 23.3. The molecule has 0 aliphatic rings. The molecule has 4 aromatic rings. The standard InChI is InChI=1S/C29H31N5O21S6.4Na/c1-15-10-18(21(49-3)14-23(15)59(40,41)8-6-50-57-55-53-37)31-33-27-22(56-54-52-36)11-16-12-24(60(42,43)44)28(26(30)25(16)29(27)35)34-32-19-13-17(4-5-20(19)48-2)58(38,39)9-7-51-61(45,46)47;;;;/h4-5,10-14,35-37H,6-9,30H2,1-3H3,(H,42,43,44)(H,45,46,47);;;;/q;4*+1/p-4. The van der Waals surface area contributed by atoms with E-state index in [1.54, 1.807) is 0 Å². The molecule has 0 bridgehead atoms. The summed E-state index contributed by atoms with van der Waals surface area (Å²) in [5, 5.41) is 53.7. The maximum absolute atomic E-state index is 13.0. The molecule has 0 spiro atoms. The van der Waals surface area contributed by atoms with E-state index in [1.807, 2.05) is 0 Å². The van der Waals surface area contributed by atoms with Gasteiger partial charge in [-0.2, -0.15) is 4.33 Å². The van der Waals surface area contributed by atoms with Crippen LogP contribution < -0.4 is 144 Å². The molecule has 4 rings (SSSR count). The molecule has 0 saturated heterocycles. The Hall–Kier alpha value is -0.360. The zero-order valence-electron chi connectivity index (χ0n) is 34.8. The number of sulfone groups is 2. The van der Waals surface area contributed by atoms with Crippen molar-refractivity contribution in [2.24, 2.45) is 20.5 Å². The first-order chi connectivity index (χ1) is 28.6. The summed E-state index contributed by atoms with van der Waals surface area (Å²) in [6.07, 6.45) is 0. The fourth-order valence-electron chi connectivity index (χ4n) is 5.08. The number of phenolic OH excluding ortho intramolecular Hbond substituents is 1. The van der Waals surface area contributed by atoms with Crippen LogP contribution in [0.15, 0.2) is 82.5 Å². The monoisotopic (exact) mass is 1060 g/mol. The first-order valence-electron chi connectivity index (χ1n) is 15.8. The molecule has 0 fully saturated rings. The van der Waals surface area contributed by atoms with E-state index in [9.17, 15) is 58.4 Å². The SMILES string of the molecule is COc1ccc(S(=O)(=O)CCOS(=O)(=O)[O-])cc1N=Nc1c(S(=O)(=O)[O-])cc2cc(SOO[O-])c(N=Nc3cc(C)c(S(=O)(=O)CCOSOO[O-])cc3OC)c(O)c2c1N.[Na+].[Na+].[Na+].[Na+]. The third kappa shape index (κ3) is 17.8. The number of methoxy groups -OCH3 is 2. The quantitative estimate of drug-likeness (QED) is 0.00849. The van der Waals surface area contributed by atoms with Crippen molar-refractivity contribution in [3.05, 3.63) is 48.0 Å². The molecule has 0 atom stereocenters. The maximum Gasteiger partial charge on any atom is 1.00 e. The van der Waals surface area contributed by atoms with E-state index in [-0.39, 0.29) is 181 Å². The number of fused-ring (bicyclic) bond motifs is 1. The van der Waals surface area contributed by atoms with Crippen molar-refractivity contribution >= 4 is 104 Å². The fourth-order valence-corrected chi connectivity index (χ4v) is 9.41. The summed E-state index contributed by atoms with van der Waals surface area (Å²) in [6.45, 7) is -0.0428. The van der Waals surface area contributed by atoms with Gasteiger partial charge in [-0.1, -0.05) is 0 Å². The van der Waals surface area contributed by atoms with E-state index in [0.717, 1.165) is 43.5 Å². The fraction of sp³-hybridized carbons (Fsp3) is 0.241. The number of phenols is 1. The Morgan fingerprint density at radius 2 is 1.29 bits per heavy atom. The molecule has 0 aliphatic heterocycles. The maximum atomic E-state index is 13.0. The van der Waals surface area contributed by atoms with Crippen LogP contribution in [0.25, 0.3) is 10.8 Å². The molecule has 0 aromatic heterocycles. The van der Waals surface area contributed by atoms with Gasteiger partial charge in [-0.15, -0.1) is 24.8 Å². The van der Waals surface area contributed by atoms with Crippen LogP contribution in [0.5, 0.6) is 17.2 Å². The van der Waals surface area contributed by atoms with Crippen molar-refractivity contribution in [3.8, 4) is 17.2 Å². The second-order valence-corrected chi connectivity index (χ2v) is 19.2. The molecule has 0 radical (unpaired) electrons. The Balaban J connectivity index is 0.0000102.